The number of nitrogens with one attached hydrogen (secondary N) is 1. The molecule has 0 spiro atoms. The fourth-order valence-electron chi connectivity index (χ4n) is 2.07. The highest BCUT2D eigenvalue weighted by Gasteiger charge is 2.17. The van der Waals surface area contributed by atoms with Crippen molar-refractivity contribution in [2.45, 2.75) is 45.4 Å². The minimum Gasteiger partial charge on any atom is -0.313 e. The third-order valence-corrected chi connectivity index (χ3v) is 5.33. The molecule has 0 aliphatic carbocycles. The number of benzene rings is 1. The summed E-state index contributed by atoms with van der Waals surface area (Å²) >= 11 is 0. The van der Waals surface area contributed by atoms with Crippen LogP contribution < -0.4 is 5.32 Å². The van der Waals surface area contributed by atoms with Gasteiger partial charge >= 0.3 is 0 Å². The summed E-state index contributed by atoms with van der Waals surface area (Å²) in [7, 11) is -1.53. The van der Waals surface area contributed by atoms with E-state index in [0.717, 1.165) is 37.9 Å². The SMILES string of the molecule is CCCCCN(C)S(=O)(=O)Cc1ccc(CNCC)cc1. The van der Waals surface area contributed by atoms with Crippen LogP contribution in [0, 0.1) is 0 Å². The molecule has 0 fully saturated rings. The van der Waals surface area contributed by atoms with Gasteiger partial charge < -0.3 is 5.32 Å². The summed E-state index contributed by atoms with van der Waals surface area (Å²) in [4.78, 5) is 0. The van der Waals surface area contributed by atoms with E-state index in [1.165, 1.54) is 9.87 Å². The topological polar surface area (TPSA) is 49.4 Å². The molecule has 0 saturated carbocycles. The average molecular weight is 312 g/mol. The first kappa shape index (κ1) is 18.1. The normalized spacial score (nSPS) is 12.0. The van der Waals surface area contributed by atoms with E-state index in [9.17, 15) is 8.42 Å². The van der Waals surface area contributed by atoms with E-state index in [1.807, 2.05) is 24.3 Å². The van der Waals surface area contributed by atoms with E-state index < -0.39 is 10.0 Å². The van der Waals surface area contributed by atoms with Crippen LogP contribution in [0.25, 0.3) is 0 Å². The molecule has 0 aliphatic rings. The molecule has 120 valence electrons. The maximum absolute atomic E-state index is 12.3. The standard InChI is InChI=1S/C16H28N2O2S/c1-4-6-7-12-18(3)21(19,20)14-16-10-8-15(9-11-16)13-17-5-2/h8-11,17H,4-7,12-14H2,1-3H3. The molecule has 0 heterocycles. The molecule has 0 bridgehead atoms. The maximum Gasteiger partial charge on any atom is 0.218 e. The highest BCUT2D eigenvalue weighted by atomic mass is 32.2. The summed E-state index contributed by atoms with van der Waals surface area (Å²) in [6, 6.07) is 7.80. The van der Waals surface area contributed by atoms with Crippen molar-refractivity contribution in [3.8, 4) is 0 Å². The van der Waals surface area contributed by atoms with E-state index in [-0.39, 0.29) is 5.75 Å². The van der Waals surface area contributed by atoms with E-state index in [0.29, 0.717) is 6.54 Å². The first-order valence-electron chi connectivity index (χ1n) is 7.72. The molecule has 0 atom stereocenters. The molecule has 0 radical (unpaired) electrons. The molecule has 0 amide bonds. The van der Waals surface area contributed by atoms with Crippen molar-refractivity contribution >= 4 is 10.0 Å². The quantitative estimate of drug-likeness (QED) is 0.676. The first-order chi connectivity index (χ1) is 9.99. The summed E-state index contributed by atoms with van der Waals surface area (Å²) in [5.41, 5.74) is 2.02. The smallest absolute Gasteiger partial charge is 0.218 e. The van der Waals surface area contributed by atoms with Crippen LogP contribution in [-0.2, 0) is 22.3 Å². The van der Waals surface area contributed by atoms with Gasteiger partial charge in [-0.3, -0.25) is 0 Å². The molecule has 1 N–H and O–H groups in total. The average Bonchev–Trinajstić information content (AvgIpc) is 2.46. The van der Waals surface area contributed by atoms with Crippen LogP contribution in [0.2, 0.25) is 0 Å². The van der Waals surface area contributed by atoms with Gasteiger partial charge in [-0.05, 0) is 24.1 Å². The molecular formula is C16H28N2O2S. The van der Waals surface area contributed by atoms with Gasteiger partial charge in [0.05, 0.1) is 5.75 Å². The molecule has 0 aliphatic heterocycles. The van der Waals surface area contributed by atoms with Gasteiger partial charge in [0.15, 0.2) is 0 Å². The molecule has 5 heteroatoms. The molecule has 1 aromatic rings. The second-order valence-corrected chi connectivity index (χ2v) is 7.46. The van der Waals surface area contributed by atoms with Crippen LogP contribution in [0.15, 0.2) is 24.3 Å². The third kappa shape index (κ3) is 6.59. The van der Waals surface area contributed by atoms with Gasteiger partial charge in [0.25, 0.3) is 0 Å². The van der Waals surface area contributed by atoms with Crippen molar-refractivity contribution in [3.63, 3.8) is 0 Å². The number of unbranched alkanes of at least 4 members (excludes halogenated alkanes) is 2. The Morgan fingerprint density at radius 3 is 2.24 bits per heavy atom. The fraction of sp³-hybridized carbons (Fsp3) is 0.625. The van der Waals surface area contributed by atoms with Crippen LogP contribution in [0.5, 0.6) is 0 Å². The zero-order valence-electron chi connectivity index (χ0n) is 13.4. The fourth-order valence-corrected chi connectivity index (χ4v) is 3.31. The molecular weight excluding hydrogens is 284 g/mol. The highest BCUT2D eigenvalue weighted by molar-refractivity contribution is 7.88. The zero-order valence-corrected chi connectivity index (χ0v) is 14.2. The Morgan fingerprint density at radius 2 is 1.67 bits per heavy atom. The molecule has 0 saturated heterocycles. The Kier molecular flexibility index (Phi) is 7.93. The number of hydrogen-bond acceptors (Lipinski definition) is 3. The maximum atomic E-state index is 12.3. The van der Waals surface area contributed by atoms with Crippen LogP contribution in [-0.4, -0.2) is 32.9 Å². The van der Waals surface area contributed by atoms with Crippen LogP contribution in [0.3, 0.4) is 0 Å². The van der Waals surface area contributed by atoms with Crippen molar-refractivity contribution in [2.24, 2.45) is 0 Å². The summed E-state index contributed by atoms with van der Waals surface area (Å²) in [5.74, 6) is 0.0805. The summed E-state index contributed by atoms with van der Waals surface area (Å²) < 4.78 is 26.0. The van der Waals surface area contributed by atoms with E-state index in [1.54, 1.807) is 7.05 Å². The van der Waals surface area contributed by atoms with Gasteiger partial charge in [-0.2, -0.15) is 0 Å². The molecule has 4 nitrogen and oxygen atoms in total. The lowest BCUT2D eigenvalue weighted by Gasteiger charge is -2.17. The van der Waals surface area contributed by atoms with E-state index in [2.05, 4.69) is 19.2 Å². The van der Waals surface area contributed by atoms with Crippen molar-refractivity contribution < 1.29 is 8.42 Å². The van der Waals surface area contributed by atoms with Crippen molar-refractivity contribution in [2.75, 3.05) is 20.1 Å². The molecule has 0 unspecified atom stereocenters. The summed E-state index contributed by atoms with van der Waals surface area (Å²) in [6.45, 7) is 6.53. The highest BCUT2D eigenvalue weighted by Crippen LogP contribution is 2.12. The molecule has 1 aromatic carbocycles. The largest absolute Gasteiger partial charge is 0.313 e. The second kappa shape index (κ2) is 9.18. The predicted octanol–water partition coefficient (Wildman–Crippen LogP) is 2.75. The predicted molar refractivity (Wildman–Crippen MR) is 88.6 cm³/mol. The molecule has 21 heavy (non-hydrogen) atoms. The first-order valence-corrected chi connectivity index (χ1v) is 9.33. The molecule has 1 rings (SSSR count). The lowest BCUT2D eigenvalue weighted by Crippen LogP contribution is -2.29. The van der Waals surface area contributed by atoms with Crippen LogP contribution in [0.1, 0.15) is 44.2 Å². The zero-order chi connectivity index (χ0) is 15.7. The molecule has 0 aromatic heterocycles. The minimum absolute atomic E-state index is 0.0805. The lowest BCUT2D eigenvalue weighted by atomic mass is 10.1. The van der Waals surface area contributed by atoms with Crippen LogP contribution >= 0.6 is 0 Å². The Labute approximate surface area is 129 Å². The third-order valence-electron chi connectivity index (χ3n) is 3.50. The Morgan fingerprint density at radius 1 is 1.05 bits per heavy atom. The summed E-state index contributed by atoms with van der Waals surface area (Å²) in [5, 5.41) is 3.25. The van der Waals surface area contributed by atoms with Gasteiger partial charge in [-0.25, -0.2) is 12.7 Å². The van der Waals surface area contributed by atoms with Crippen molar-refractivity contribution in [1.29, 1.82) is 0 Å². The lowest BCUT2D eigenvalue weighted by molar-refractivity contribution is 0.453. The summed E-state index contributed by atoms with van der Waals surface area (Å²) in [6.07, 6.45) is 3.09. The minimum atomic E-state index is -3.21. The number of hydrogen-bond donors (Lipinski definition) is 1. The Balaban J connectivity index is 2.58. The second-order valence-electron chi connectivity index (χ2n) is 5.38. The van der Waals surface area contributed by atoms with Crippen molar-refractivity contribution in [3.05, 3.63) is 35.4 Å². The van der Waals surface area contributed by atoms with Gasteiger partial charge in [0.2, 0.25) is 10.0 Å². The van der Waals surface area contributed by atoms with Crippen molar-refractivity contribution in [1.82, 2.24) is 9.62 Å². The van der Waals surface area contributed by atoms with Gasteiger partial charge in [0, 0.05) is 20.1 Å². The van der Waals surface area contributed by atoms with Crippen LogP contribution in [0.4, 0.5) is 0 Å². The van der Waals surface area contributed by atoms with E-state index in [4.69, 9.17) is 0 Å². The number of rotatable bonds is 10. The number of nitrogens with zero attached hydrogens (tertiary/aromatic N) is 1. The Hall–Kier alpha value is -0.910. The van der Waals surface area contributed by atoms with Gasteiger partial charge in [-0.15, -0.1) is 0 Å². The van der Waals surface area contributed by atoms with Gasteiger partial charge in [0.1, 0.15) is 0 Å². The van der Waals surface area contributed by atoms with E-state index >= 15 is 0 Å². The van der Waals surface area contributed by atoms with Gasteiger partial charge in [-0.1, -0.05) is 51.0 Å². The number of sulfonamides is 1. The monoisotopic (exact) mass is 312 g/mol. The Bertz CT molecular complexity index is 498.